The number of aliphatic carboxylic acids is 1. The molecule has 0 fully saturated rings. The summed E-state index contributed by atoms with van der Waals surface area (Å²) in [6.45, 7) is 6.83. The molecule has 0 amide bonds. The molecule has 0 aliphatic carbocycles. The van der Waals surface area contributed by atoms with E-state index in [9.17, 15) is 4.79 Å². The van der Waals surface area contributed by atoms with E-state index in [1.165, 1.54) is 0 Å². The van der Waals surface area contributed by atoms with Crippen molar-refractivity contribution in [1.29, 1.82) is 0 Å². The number of carbonyl (C=O) groups is 1. The monoisotopic (exact) mass is 210 g/mol. The van der Waals surface area contributed by atoms with Gasteiger partial charge >= 0.3 is 5.97 Å². The number of carboxylic acids is 1. The van der Waals surface area contributed by atoms with Gasteiger partial charge in [-0.05, 0) is 12.0 Å². The summed E-state index contributed by atoms with van der Waals surface area (Å²) in [6, 6.07) is 1.89. The third-order valence-corrected chi connectivity index (χ3v) is 2.18. The van der Waals surface area contributed by atoms with Crippen LogP contribution in [-0.2, 0) is 17.8 Å². The first-order valence-corrected chi connectivity index (χ1v) is 5.24. The van der Waals surface area contributed by atoms with E-state index in [-0.39, 0.29) is 5.92 Å². The Morgan fingerprint density at radius 1 is 1.53 bits per heavy atom. The lowest BCUT2D eigenvalue weighted by atomic mass is 10.1. The second kappa shape index (κ2) is 4.96. The van der Waals surface area contributed by atoms with Crippen molar-refractivity contribution in [2.45, 2.75) is 33.7 Å². The second-order valence-electron chi connectivity index (χ2n) is 4.37. The molecule has 0 bridgehead atoms. The molecule has 84 valence electrons. The Kier molecular flexibility index (Phi) is 3.88. The minimum absolute atomic E-state index is 0.368. The van der Waals surface area contributed by atoms with Crippen molar-refractivity contribution in [3.63, 3.8) is 0 Å². The molecule has 0 aliphatic heterocycles. The van der Waals surface area contributed by atoms with Gasteiger partial charge in [0.15, 0.2) is 0 Å². The summed E-state index contributed by atoms with van der Waals surface area (Å²) in [5, 5.41) is 13.1. The van der Waals surface area contributed by atoms with Gasteiger partial charge in [-0.3, -0.25) is 9.48 Å². The summed E-state index contributed by atoms with van der Waals surface area (Å²) in [6.07, 6.45) is 2.41. The molecule has 0 radical (unpaired) electrons. The van der Waals surface area contributed by atoms with Crippen LogP contribution in [0.25, 0.3) is 0 Å². The molecule has 1 rings (SSSR count). The van der Waals surface area contributed by atoms with Gasteiger partial charge in [-0.15, -0.1) is 0 Å². The highest BCUT2D eigenvalue weighted by atomic mass is 16.4. The number of hydrogen-bond donors (Lipinski definition) is 1. The summed E-state index contributed by atoms with van der Waals surface area (Å²) in [7, 11) is 0. The van der Waals surface area contributed by atoms with Crippen molar-refractivity contribution < 1.29 is 9.90 Å². The maximum atomic E-state index is 10.7. The molecule has 0 saturated carbocycles. The summed E-state index contributed by atoms with van der Waals surface area (Å²) < 4.78 is 1.87. The minimum Gasteiger partial charge on any atom is -0.481 e. The number of carboxylic acid groups (broad SMARTS) is 1. The molecule has 0 spiro atoms. The van der Waals surface area contributed by atoms with E-state index in [1.54, 1.807) is 6.92 Å². The molecular formula is C11H18N2O2. The zero-order chi connectivity index (χ0) is 11.4. The van der Waals surface area contributed by atoms with Crippen LogP contribution in [0.5, 0.6) is 0 Å². The van der Waals surface area contributed by atoms with Crippen LogP contribution in [0.1, 0.15) is 26.5 Å². The smallest absolute Gasteiger partial charge is 0.306 e. The van der Waals surface area contributed by atoms with Gasteiger partial charge in [-0.2, -0.15) is 5.10 Å². The van der Waals surface area contributed by atoms with Crippen molar-refractivity contribution in [3.05, 3.63) is 18.0 Å². The Morgan fingerprint density at radius 3 is 2.73 bits per heavy atom. The van der Waals surface area contributed by atoms with Crippen LogP contribution in [-0.4, -0.2) is 20.9 Å². The van der Waals surface area contributed by atoms with Crippen LogP contribution in [0, 0.1) is 11.8 Å². The van der Waals surface area contributed by atoms with Gasteiger partial charge in [0.25, 0.3) is 0 Å². The van der Waals surface area contributed by atoms with Crippen molar-refractivity contribution in [2.75, 3.05) is 0 Å². The van der Waals surface area contributed by atoms with E-state index < -0.39 is 5.97 Å². The van der Waals surface area contributed by atoms with Crippen LogP contribution in [0.4, 0.5) is 0 Å². The van der Waals surface area contributed by atoms with Gasteiger partial charge in [0.1, 0.15) is 0 Å². The zero-order valence-corrected chi connectivity index (χ0v) is 9.47. The number of rotatable bonds is 5. The Bertz CT molecular complexity index is 331. The Balaban J connectivity index is 2.56. The molecule has 1 unspecified atom stereocenters. The van der Waals surface area contributed by atoms with Crippen LogP contribution >= 0.6 is 0 Å². The van der Waals surface area contributed by atoms with E-state index in [2.05, 4.69) is 18.9 Å². The van der Waals surface area contributed by atoms with E-state index in [0.29, 0.717) is 12.3 Å². The maximum Gasteiger partial charge on any atom is 0.306 e. The van der Waals surface area contributed by atoms with Gasteiger partial charge in [0.05, 0.1) is 11.6 Å². The summed E-state index contributed by atoms with van der Waals surface area (Å²) in [5.74, 6) is -0.588. The normalized spacial score (nSPS) is 13.1. The Hall–Kier alpha value is -1.32. The second-order valence-corrected chi connectivity index (χ2v) is 4.37. The molecule has 0 aromatic carbocycles. The highest BCUT2D eigenvalue weighted by molar-refractivity contribution is 5.69. The van der Waals surface area contributed by atoms with Gasteiger partial charge < -0.3 is 5.11 Å². The topological polar surface area (TPSA) is 55.1 Å². The molecule has 15 heavy (non-hydrogen) atoms. The predicted octanol–water partition coefficient (Wildman–Crippen LogP) is 1.80. The summed E-state index contributed by atoms with van der Waals surface area (Å²) in [4.78, 5) is 10.7. The fourth-order valence-electron chi connectivity index (χ4n) is 1.39. The molecule has 1 atom stereocenters. The fraction of sp³-hybridized carbons (Fsp3) is 0.636. The Morgan fingerprint density at radius 2 is 2.20 bits per heavy atom. The molecule has 4 nitrogen and oxygen atoms in total. The maximum absolute atomic E-state index is 10.7. The fourth-order valence-corrected chi connectivity index (χ4v) is 1.39. The van der Waals surface area contributed by atoms with E-state index in [4.69, 9.17) is 5.11 Å². The van der Waals surface area contributed by atoms with Crippen LogP contribution in [0.2, 0.25) is 0 Å². The number of hydrogen-bond acceptors (Lipinski definition) is 2. The largest absolute Gasteiger partial charge is 0.481 e. The van der Waals surface area contributed by atoms with Gasteiger partial charge in [-0.25, -0.2) is 0 Å². The van der Waals surface area contributed by atoms with E-state index in [1.807, 2.05) is 16.9 Å². The molecule has 1 aromatic rings. The molecule has 0 saturated heterocycles. The van der Waals surface area contributed by atoms with Gasteiger partial charge in [0, 0.05) is 19.2 Å². The van der Waals surface area contributed by atoms with Crippen LogP contribution < -0.4 is 0 Å². The van der Waals surface area contributed by atoms with Crippen LogP contribution in [0.15, 0.2) is 12.3 Å². The molecular weight excluding hydrogens is 192 g/mol. The Labute approximate surface area is 89.9 Å². The third-order valence-electron chi connectivity index (χ3n) is 2.18. The predicted molar refractivity (Wildman–Crippen MR) is 57.6 cm³/mol. The summed E-state index contributed by atoms with van der Waals surface area (Å²) >= 11 is 0. The lowest BCUT2D eigenvalue weighted by Gasteiger charge is -2.05. The molecule has 1 heterocycles. The standard InChI is InChI=1S/C11H18N2O2/c1-8(2)7-13-5-4-10(12-13)6-9(3)11(14)15/h4-5,8-9H,6-7H2,1-3H3,(H,14,15). The molecule has 1 N–H and O–H groups in total. The first-order chi connectivity index (χ1) is 6.99. The van der Waals surface area contributed by atoms with Crippen molar-refractivity contribution >= 4 is 5.97 Å². The molecule has 4 heteroatoms. The van der Waals surface area contributed by atoms with Crippen molar-refractivity contribution in [3.8, 4) is 0 Å². The molecule has 0 aliphatic rings. The average molecular weight is 210 g/mol. The lowest BCUT2D eigenvalue weighted by molar-refractivity contribution is -0.141. The lowest BCUT2D eigenvalue weighted by Crippen LogP contribution is -2.13. The first kappa shape index (κ1) is 11.8. The van der Waals surface area contributed by atoms with Crippen molar-refractivity contribution in [1.82, 2.24) is 9.78 Å². The average Bonchev–Trinajstić information content (AvgIpc) is 2.51. The van der Waals surface area contributed by atoms with Crippen molar-refractivity contribution in [2.24, 2.45) is 11.8 Å². The SMILES string of the molecule is CC(C)Cn1ccc(CC(C)C(=O)O)n1. The first-order valence-electron chi connectivity index (χ1n) is 5.24. The number of nitrogens with zero attached hydrogens (tertiary/aromatic N) is 2. The molecule has 1 aromatic heterocycles. The minimum atomic E-state index is -0.770. The third kappa shape index (κ3) is 3.73. The summed E-state index contributed by atoms with van der Waals surface area (Å²) in [5.41, 5.74) is 0.852. The van der Waals surface area contributed by atoms with Gasteiger partial charge in [0.2, 0.25) is 0 Å². The quantitative estimate of drug-likeness (QED) is 0.806. The number of aromatic nitrogens is 2. The van der Waals surface area contributed by atoms with Crippen LogP contribution in [0.3, 0.4) is 0 Å². The van der Waals surface area contributed by atoms with E-state index in [0.717, 1.165) is 12.2 Å². The van der Waals surface area contributed by atoms with Gasteiger partial charge in [-0.1, -0.05) is 20.8 Å². The highest BCUT2D eigenvalue weighted by Crippen LogP contribution is 2.07. The zero-order valence-electron chi connectivity index (χ0n) is 9.47. The highest BCUT2D eigenvalue weighted by Gasteiger charge is 2.13. The van der Waals surface area contributed by atoms with E-state index >= 15 is 0 Å².